The van der Waals surface area contributed by atoms with Gasteiger partial charge < -0.3 is 19.2 Å². The summed E-state index contributed by atoms with van der Waals surface area (Å²) < 4.78 is 52.4. The number of ether oxygens (including phenoxy) is 2. The molecule has 1 aromatic carbocycles. The summed E-state index contributed by atoms with van der Waals surface area (Å²) in [4.78, 5) is 26.5. The zero-order chi connectivity index (χ0) is 18.4. The molecule has 0 atom stereocenters. The molecule has 0 aliphatic carbocycles. The van der Waals surface area contributed by atoms with Crippen LogP contribution in [0.1, 0.15) is 21.9 Å². The Morgan fingerprint density at radius 1 is 1.32 bits per heavy atom. The molecule has 7 nitrogen and oxygen atoms in total. The van der Waals surface area contributed by atoms with Crippen LogP contribution in [0.15, 0.2) is 34.9 Å². The Balaban J connectivity index is 1.93. The first-order valence-electron chi connectivity index (χ1n) is 6.89. The highest BCUT2D eigenvalue weighted by Crippen LogP contribution is 2.31. The molecule has 0 aliphatic heterocycles. The molecule has 0 radical (unpaired) electrons. The van der Waals surface area contributed by atoms with Crippen LogP contribution < -0.4 is 10.1 Å². The summed E-state index contributed by atoms with van der Waals surface area (Å²) in [5, 5.41) is 2.26. The molecule has 0 spiro atoms. The van der Waals surface area contributed by atoms with Gasteiger partial charge in [0.1, 0.15) is 18.6 Å². The normalized spacial score (nSPS) is 11.0. The number of esters is 1. The molecule has 1 heterocycles. The maximum Gasteiger partial charge on any atom is 0.416 e. The second-order valence-corrected chi connectivity index (χ2v) is 4.70. The van der Waals surface area contributed by atoms with Crippen molar-refractivity contribution in [1.82, 2.24) is 10.3 Å². The van der Waals surface area contributed by atoms with Gasteiger partial charge in [-0.05, 0) is 18.2 Å². The summed E-state index contributed by atoms with van der Waals surface area (Å²) in [5.41, 5.74) is -0.952. The van der Waals surface area contributed by atoms with Crippen molar-refractivity contribution in [3.8, 4) is 5.75 Å². The third kappa shape index (κ3) is 5.23. The molecule has 25 heavy (non-hydrogen) atoms. The number of oxazole rings is 1. The molecule has 0 aliphatic rings. The van der Waals surface area contributed by atoms with Gasteiger partial charge in [-0.15, -0.1) is 0 Å². The number of carbonyl (C=O) groups excluding carboxylic acids is 2. The molecule has 2 aromatic rings. The van der Waals surface area contributed by atoms with E-state index in [0.717, 1.165) is 18.4 Å². The Bertz CT molecular complexity index is 758. The molecule has 0 saturated heterocycles. The van der Waals surface area contributed by atoms with Crippen molar-refractivity contribution in [1.29, 1.82) is 0 Å². The van der Waals surface area contributed by atoms with Crippen LogP contribution in [-0.2, 0) is 22.3 Å². The highest BCUT2D eigenvalue weighted by Gasteiger charge is 2.30. The van der Waals surface area contributed by atoms with Gasteiger partial charge in [-0.3, -0.25) is 9.59 Å². The number of alkyl halides is 3. The number of amides is 1. The highest BCUT2D eigenvalue weighted by molar-refractivity contribution is 5.93. The number of nitrogens with one attached hydrogen (secondary N) is 1. The number of aromatic nitrogens is 1. The molecule has 1 aromatic heterocycles. The lowest BCUT2D eigenvalue weighted by Crippen LogP contribution is -2.30. The Labute approximate surface area is 139 Å². The number of benzene rings is 1. The molecule has 1 amide bonds. The number of hydrogen-bond donors (Lipinski definition) is 1. The summed E-state index contributed by atoms with van der Waals surface area (Å²) in [6.07, 6.45) is -3.44. The molecule has 134 valence electrons. The summed E-state index contributed by atoms with van der Waals surface area (Å²) in [7, 11) is 1.17. The van der Waals surface area contributed by atoms with Crippen LogP contribution in [0.4, 0.5) is 13.2 Å². The first kappa shape index (κ1) is 18.3. The van der Waals surface area contributed by atoms with E-state index in [9.17, 15) is 22.8 Å². The van der Waals surface area contributed by atoms with E-state index in [2.05, 4.69) is 15.0 Å². The van der Waals surface area contributed by atoms with E-state index >= 15 is 0 Å². The van der Waals surface area contributed by atoms with Gasteiger partial charge in [0, 0.05) is 0 Å². The van der Waals surface area contributed by atoms with E-state index in [1.165, 1.54) is 19.2 Å². The maximum absolute atomic E-state index is 12.6. The minimum atomic E-state index is -4.48. The first-order valence-corrected chi connectivity index (χ1v) is 6.89. The van der Waals surface area contributed by atoms with Crippen LogP contribution in [0.3, 0.4) is 0 Å². The summed E-state index contributed by atoms with van der Waals surface area (Å²) >= 11 is 0. The molecule has 1 N–H and O–H groups in total. The van der Waals surface area contributed by atoms with Gasteiger partial charge in [0.2, 0.25) is 5.89 Å². The lowest BCUT2D eigenvalue weighted by Gasteiger charge is -2.09. The number of nitrogens with zero attached hydrogens (tertiary/aromatic N) is 1. The average molecular weight is 358 g/mol. The highest BCUT2D eigenvalue weighted by atomic mass is 19.4. The van der Waals surface area contributed by atoms with Gasteiger partial charge in [0.05, 0.1) is 12.7 Å². The van der Waals surface area contributed by atoms with Gasteiger partial charge in [-0.2, -0.15) is 13.2 Å². The molecule has 0 saturated carbocycles. The fourth-order valence-corrected chi connectivity index (χ4v) is 1.70. The second-order valence-electron chi connectivity index (χ2n) is 4.70. The fraction of sp³-hybridized carbons (Fsp3) is 0.267. The molecule has 0 unspecified atom stereocenters. The standard InChI is InChI=1S/C15H13F3N2O5/c1-23-13(21)6-19-14(22)11-7-25-12(20-11)8-24-10-4-2-3-9(5-10)15(16,17)18/h2-5,7H,6,8H2,1H3,(H,19,22). The fourth-order valence-electron chi connectivity index (χ4n) is 1.70. The van der Waals surface area contributed by atoms with Crippen LogP contribution in [-0.4, -0.2) is 30.5 Å². The van der Waals surface area contributed by atoms with Crippen molar-refractivity contribution in [3.63, 3.8) is 0 Å². The lowest BCUT2D eigenvalue weighted by atomic mass is 10.2. The molecular formula is C15H13F3N2O5. The quantitative estimate of drug-likeness (QED) is 0.796. The van der Waals surface area contributed by atoms with E-state index in [0.29, 0.717) is 0 Å². The zero-order valence-corrected chi connectivity index (χ0v) is 12.9. The summed E-state index contributed by atoms with van der Waals surface area (Å²) in [5.74, 6) is -1.34. The van der Waals surface area contributed by atoms with Crippen LogP contribution in [0.2, 0.25) is 0 Å². The van der Waals surface area contributed by atoms with Crippen LogP contribution in [0, 0.1) is 0 Å². The third-order valence-corrected chi connectivity index (χ3v) is 2.93. The van der Waals surface area contributed by atoms with E-state index in [1.54, 1.807) is 0 Å². The number of halogens is 3. The predicted octanol–water partition coefficient (Wildman–Crippen LogP) is 2.18. The largest absolute Gasteiger partial charge is 0.484 e. The van der Waals surface area contributed by atoms with Gasteiger partial charge in [0.15, 0.2) is 12.3 Å². The van der Waals surface area contributed by atoms with Crippen molar-refractivity contribution in [2.45, 2.75) is 12.8 Å². The number of hydrogen-bond acceptors (Lipinski definition) is 6. The first-order chi connectivity index (χ1) is 11.8. The molecule has 10 heteroatoms. The second kappa shape index (κ2) is 7.69. The zero-order valence-electron chi connectivity index (χ0n) is 12.9. The van der Waals surface area contributed by atoms with Crippen molar-refractivity contribution < 1.29 is 36.7 Å². The van der Waals surface area contributed by atoms with Crippen LogP contribution >= 0.6 is 0 Å². The molecule has 0 bridgehead atoms. The minimum absolute atomic E-state index is 0.0133. The molecule has 2 rings (SSSR count). The summed E-state index contributed by atoms with van der Waals surface area (Å²) in [6.45, 7) is -0.607. The summed E-state index contributed by atoms with van der Waals surface area (Å²) in [6, 6.07) is 4.32. The van der Waals surface area contributed by atoms with Crippen LogP contribution in [0.5, 0.6) is 5.75 Å². The number of carbonyl (C=O) groups is 2. The minimum Gasteiger partial charge on any atom is -0.484 e. The van der Waals surface area contributed by atoms with Gasteiger partial charge in [-0.25, -0.2) is 4.98 Å². The third-order valence-electron chi connectivity index (χ3n) is 2.93. The smallest absolute Gasteiger partial charge is 0.416 e. The number of methoxy groups -OCH3 is 1. The molecule has 0 fully saturated rings. The predicted molar refractivity (Wildman–Crippen MR) is 76.6 cm³/mol. The Morgan fingerprint density at radius 3 is 2.76 bits per heavy atom. The van der Waals surface area contributed by atoms with Crippen molar-refractivity contribution in [3.05, 3.63) is 47.7 Å². The van der Waals surface area contributed by atoms with Crippen molar-refractivity contribution >= 4 is 11.9 Å². The van der Waals surface area contributed by atoms with Gasteiger partial charge in [0.25, 0.3) is 5.91 Å². The molecular weight excluding hydrogens is 345 g/mol. The Hall–Kier alpha value is -3.04. The van der Waals surface area contributed by atoms with Crippen molar-refractivity contribution in [2.75, 3.05) is 13.7 Å². The Morgan fingerprint density at radius 2 is 2.08 bits per heavy atom. The Kier molecular flexibility index (Phi) is 5.63. The maximum atomic E-state index is 12.6. The SMILES string of the molecule is COC(=O)CNC(=O)c1coc(COc2cccc(C(F)(F)F)c2)n1. The van der Waals surface area contributed by atoms with Crippen molar-refractivity contribution in [2.24, 2.45) is 0 Å². The van der Waals surface area contributed by atoms with E-state index in [-0.39, 0.29) is 30.5 Å². The van der Waals surface area contributed by atoms with Gasteiger partial charge >= 0.3 is 12.1 Å². The average Bonchev–Trinajstić information content (AvgIpc) is 3.06. The van der Waals surface area contributed by atoms with E-state index in [1.807, 2.05) is 0 Å². The van der Waals surface area contributed by atoms with Crippen LogP contribution in [0.25, 0.3) is 0 Å². The van der Waals surface area contributed by atoms with Gasteiger partial charge in [-0.1, -0.05) is 6.07 Å². The topological polar surface area (TPSA) is 90.7 Å². The van der Waals surface area contributed by atoms with E-state index < -0.39 is 23.6 Å². The number of rotatable bonds is 6. The van der Waals surface area contributed by atoms with E-state index in [4.69, 9.17) is 9.15 Å². The lowest BCUT2D eigenvalue weighted by molar-refractivity contribution is -0.139. The monoisotopic (exact) mass is 358 g/mol.